The van der Waals surface area contributed by atoms with Crippen LogP contribution in [0.25, 0.3) is 10.9 Å². The largest absolute Gasteiger partial charge is 0.495 e. The van der Waals surface area contributed by atoms with Crippen molar-refractivity contribution in [3.63, 3.8) is 0 Å². The number of ether oxygens (including phenoxy) is 3. The third-order valence-corrected chi connectivity index (χ3v) is 7.54. The summed E-state index contributed by atoms with van der Waals surface area (Å²) in [5, 5.41) is 18.5. The lowest BCUT2D eigenvalue weighted by molar-refractivity contribution is -0.116. The highest BCUT2D eigenvalue weighted by Crippen LogP contribution is 2.38. The Kier molecular flexibility index (Phi) is 7.74. The van der Waals surface area contributed by atoms with Crippen LogP contribution >= 0.6 is 11.6 Å². The van der Waals surface area contributed by atoms with E-state index >= 15 is 0 Å². The predicted molar refractivity (Wildman–Crippen MR) is 142 cm³/mol. The number of aromatic amines is 1. The minimum absolute atomic E-state index is 0.00766. The van der Waals surface area contributed by atoms with E-state index in [9.17, 15) is 18.3 Å². The van der Waals surface area contributed by atoms with Crippen molar-refractivity contribution < 1.29 is 32.5 Å². The Balaban J connectivity index is 1.76. The molecule has 0 aliphatic heterocycles. The number of aromatic nitrogens is 1. The van der Waals surface area contributed by atoms with Crippen molar-refractivity contribution in [3.8, 4) is 23.1 Å². The first kappa shape index (κ1) is 26.8. The number of sulfonamides is 1. The minimum Gasteiger partial charge on any atom is -0.495 e. The Morgan fingerprint density at radius 3 is 2.37 bits per heavy atom. The van der Waals surface area contributed by atoms with E-state index in [1.807, 2.05) is 0 Å². The number of H-pyrrole nitrogens is 1. The Labute approximate surface area is 223 Å². The molecule has 3 aromatic carbocycles. The second kappa shape index (κ2) is 11.0. The second-order valence-electron chi connectivity index (χ2n) is 7.81. The van der Waals surface area contributed by atoms with E-state index in [4.69, 9.17) is 25.8 Å². The van der Waals surface area contributed by atoms with Gasteiger partial charge in [-0.1, -0.05) is 29.8 Å². The summed E-state index contributed by atoms with van der Waals surface area (Å²) in [6.45, 7) is -0.750. The molecule has 1 aromatic heterocycles. The Hall–Kier alpha value is -4.29. The number of methoxy groups -OCH3 is 3. The number of anilines is 1. The molecule has 0 spiro atoms. The Morgan fingerprint density at radius 2 is 1.66 bits per heavy atom. The van der Waals surface area contributed by atoms with E-state index in [1.54, 1.807) is 24.3 Å². The number of carbonyl (C=O) groups excluding carboxylic acids is 1. The van der Waals surface area contributed by atoms with Gasteiger partial charge in [0, 0.05) is 16.5 Å². The smallest absolute Gasteiger partial charge is 0.285 e. The molecule has 0 aliphatic carbocycles. The zero-order valence-corrected chi connectivity index (χ0v) is 22.1. The molecule has 0 saturated heterocycles. The number of amides is 1. The van der Waals surface area contributed by atoms with Gasteiger partial charge in [-0.2, -0.15) is 0 Å². The lowest BCUT2D eigenvalue weighted by Crippen LogP contribution is -2.35. The zero-order chi connectivity index (χ0) is 27.4. The first-order chi connectivity index (χ1) is 18.2. The van der Waals surface area contributed by atoms with E-state index in [0.717, 1.165) is 4.31 Å². The Morgan fingerprint density at radius 1 is 0.974 bits per heavy atom. The van der Waals surface area contributed by atoms with Crippen molar-refractivity contribution in [2.75, 3.05) is 32.2 Å². The number of aromatic hydroxyl groups is 1. The van der Waals surface area contributed by atoms with Crippen LogP contribution in [-0.2, 0) is 14.8 Å². The van der Waals surface area contributed by atoms with Gasteiger partial charge in [0.15, 0.2) is 17.2 Å². The Bertz CT molecular complexity index is 1640. The summed E-state index contributed by atoms with van der Waals surface area (Å²) in [5.74, 6) is -0.554. The highest BCUT2D eigenvalue weighted by Gasteiger charge is 2.31. The zero-order valence-electron chi connectivity index (χ0n) is 20.5. The van der Waals surface area contributed by atoms with Gasteiger partial charge < -0.3 is 24.3 Å². The van der Waals surface area contributed by atoms with Crippen LogP contribution in [-0.4, -0.2) is 52.3 Å². The van der Waals surface area contributed by atoms with Gasteiger partial charge in [0.05, 0.1) is 37.4 Å². The first-order valence-corrected chi connectivity index (χ1v) is 12.8. The maximum Gasteiger partial charge on any atom is 0.285 e. The number of azo groups is 1. The van der Waals surface area contributed by atoms with Crippen LogP contribution in [0.4, 0.5) is 11.4 Å². The van der Waals surface area contributed by atoms with Gasteiger partial charge in [0.1, 0.15) is 12.3 Å². The lowest BCUT2D eigenvalue weighted by atomic mass is 10.2. The van der Waals surface area contributed by atoms with Crippen LogP contribution < -0.4 is 18.5 Å². The molecule has 11 nitrogen and oxygen atoms in total. The van der Waals surface area contributed by atoms with Crippen LogP contribution in [0.5, 0.6) is 23.1 Å². The third kappa shape index (κ3) is 5.22. The average Bonchev–Trinajstić information content (AvgIpc) is 3.24. The summed E-state index contributed by atoms with van der Waals surface area (Å²) in [5.41, 5.74) is 0.643. The summed E-state index contributed by atoms with van der Waals surface area (Å²) in [7, 11) is -0.242. The van der Waals surface area contributed by atoms with E-state index in [1.165, 1.54) is 57.7 Å². The molecule has 0 saturated carbocycles. The number of nitrogens with zero attached hydrogens (tertiary/aromatic N) is 3. The summed E-state index contributed by atoms with van der Waals surface area (Å²) >= 11 is 6.17. The topological polar surface area (TPSA) is 143 Å². The van der Waals surface area contributed by atoms with Crippen LogP contribution in [0.1, 0.15) is 0 Å². The molecule has 0 atom stereocenters. The molecule has 13 heteroatoms. The molecule has 0 radical (unpaired) electrons. The van der Waals surface area contributed by atoms with Crippen LogP contribution in [0.2, 0.25) is 5.02 Å². The number of para-hydroxylation sites is 1. The maximum atomic E-state index is 13.8. The number of hydrogen-bond acceptors (Lipinski definition) is 8. The van der Waals surface area contributed by atoms with E-state index in [2.05, 4.69) is 15.2 Å². The number of carbonyl (C=O) groups is 1. The lowest BCUT2D eigenvalue weighted by Gasteiger charge is -2.25. The number of halogens is 1. The highest BCUT2D eigenvalue weighted by molar-refractivity contribution is 7.92. The molecular formula is C25H23ClN4O7S. The van der Waals surface area contributed by atoms with Gasteiger partial charge >= 0.3 is 0 Å². The van der Waals surface area contributed by atoms with Gasteiger partial charge in [-0.15, -0.1) is 10.2 Å². The fourth-order valence-electron chi connectivity index (χ4n) is 3.74. The molecule has 198 valence electrons. The summed E-state index contributed by atoms with van der Waals surface area (Å²) in [6, 6.07) is 15.3. The molecule has 4 rings (SSSR count). The highest BCUT2D eigenvalue weighted by atomic mass is 35.5. The van der Waals surface area contributed by atoms with Gasteiger partial charge in [0.25, 0.3) is 15.9 Å². The normalized spacial score (nSPS) is 11.6. The van der Waals surface area contributed by atoms with Crippen molar-refractivity contribution in [1.29, 1.82) is 0 Å². The summed E-state index contributed by atoms with van der Waals surface area (Å²) in [6.07, 6.45) is 0. The van der Waals surface area contributed by atoms with Crippen LogP contribution in [0.3, 0.4) is 0 Å². The molecular weight excluding hydrogens is 536 g/mol. The van der Waals surface area contributed by atoms with Crippen molar-refractivity contribution in [1.82, 2.24) is 4.98 Å². The van der Waals surface area contributed by atoms with Gasteiger partial charge in [-0.3, -0.25) is 9.10 Å². The quantitative estimate of drug-likeness (QED) is 0.273. The van der Waals surface area contributed by atoms with Gasteiger partial charge in [-0.25, -0.2) is 8.42 Å². The van der Waals surface area contributed by atoms with E-state index < -0.39 is 22.5 Å². The van der Waals surface area contributed by atoms with Crippen molar-refractivity contribution in [3.05, 3.63) is 65.7 Å². The number of nitrogens with one attached hydrogen (secondary N) is 1. The van der Waals surface area contributed by atoms with E-state index in [-0.39, 0.29) is 38.7 Å². The molecule has 0 unspecified atom stereocenters. The summed E-state index contributed by atoms with van der Waals surface area (Å²) in [4.78, 5) is 15.5. The van der Waals surface area contributed by atoms with Gasteiger partial charge in [0.2, 0.25) is 5.88 Å². The fraction of sp³-hybridized carbons (Fsp3) is 0.160. The minimum atomic E-state index is -4.39. The molecule has 2 N–H and O–H groups in total. The molecule has 1 amide bonds. The van der Waals surface area contributed by atoms with Crippen molar-refractivity contribution >= 4 is 49.8 Å². The van der Waals surface area contributed by atoms with Crippen molar-refractivity contribution in [2.24, 2.45) is 10.2 Å². The fourth-order valence-corrected chi connectivity index (χ4v) is 5.34. The standard InChI is InChI=1S/C25H23ClN4O7S/c1-35-20-10-8-15(26)12-19(20)30(38(33,34)16-9-11-21(36-2)22(13-16)37-3)14-23(31)28-29-24-17-6-4-5-7-18(17)27-25(24)32/h4-13,27,32H,14H2,1-3H3. The third-order valence-electron chi connectivity index (χ3n) is 5.55. The van der Waals surface area contributed by atoms with E-state index in [0.29, 0.717) is 16.7 Å². The molecule has 1 heterocycles. The number of hydrogen-bond donors (Lipinski definition) is 2. The first-order valence-electron chi connectivity index (χ1n) is 11.0. The van der Waals surface area contributed by atoms with Gasteiger partial charge in [-0.05, 0) is 36.4 Å². The summed E-state index contributed by atoms with van der Waals surface area (Å²) < 4.78 is 44.3. The monoisotopic (exact) mass is 558 g/mol. The van der Waals surface area contributed by atoms with Crippen LogP contribution in [0, 0.1) is 0 Å². The average molecular weight is 559 g/mol. The second-order valence-corrected chi connectivity index (χ2v) is 10.1. The molecule has 0 fully saturated rings. The maximum absolute atomic E-state index is 13.8. The molecule has 0 bridgehead atoms. The molecule has 0 aliphatic rings. The number of rotatable bonds is 9. The molecule has 38 heavy (non-hydrogen) atoms. The van der Waals surface area contributed by atoms with Crippen molar-refractivity contribution in [2.45, 2.75) is 4.90 Å². The molecule has 4 aromatic rings. The van der Waals surface area contributed by atoms with Crippen LogP contribution in [0.15, 0.2) is 75.8 Å². The predicted octanol–water partition coefficient (Wildman–Crippen LogP) is 5.06. The SMILES string of the molecule is COc1ccc(S(=O)(=O)N(CC(=O)N=Nc2c(O)[nH]c3ccccc23)c2cc(Cl)ccc2OC)cc1OC. The number of fused-ring (bicyclic) bond motifs is 1. The number of benzene rings is 3.